The maximum Gasteiger partial charge on any atom is 0.307 e. The van der Waals surface area contributed by atoms with Crippen LogP contribution >= 0.6 is 0 Å². The minimum Gasteiger partial charge on any atom is -0.481 e. The molecular weight excluding hydrogens is 276 g/mol. The van der Waals surface area contributed by atoms with E-state index in [0.717, 1.165) is 11.1 Å². The van der Waals surface area contributed by atoms with Gasteiger partial charge < -0.3 is 5.11 Å². The van der Waals surface area contributed by atoms with Gasteiger partial charge >= 0.3 is 5.97 Å². The zero-order valence-electron chi connectivity index (χ0n) is 12.3. The van der Waals surface area contributed by atoms with Gasteiger partial charge in [0.05, 0.1) is 5.92 Å². The van der Waals surface area contributed by atoms with Crippen LogP contribution in [0.5, 0.6) is 0 Å². The van der Waals surface area contributed by atoms with Crippen LogP contribution in [0, 0.1) is 11.8 Å². The number of rotatable bonds is 4. The summed E-state index contributed by atoms with van der Waals surface area (Å²) >= 11 is 0. The van der Waals surface area contributed by atoms with Crippen molar-refractivity contribution >= 4 is 11.8 Å². The van der Waals surface area contributed by atoms with Crippen molar-refractivity contribution in [3.63, 3.8) is 0 Å². The molecule has 2 aromatic carbocycles. The molecule has 0 spiro atoms. The van der Waals surface area contributed by atoms with Gasteiger partial charge in [0.15, 0.2) is 0 Å². The molecule has 112 valence electrons. The van der Waals surface area contributed by atoms with E-state index in [-0.39, 0.29) is 23.5 Å². The lowest BCUT2D eigenvalue weighted by atomic mass is 9.51. The van der Waals surface area contributed by atoms with Gasteiger partial charge in [0.25, 0.3) is 0 Å². The van der Waals surface area contributed by atoms with Crippen molar-refractivity contribution in [2.45, 2.75) is 18.8 Å². The molecule has 1 saturated carbocycles. The average molecular weight is 294 g/mol. The normalized spacial score (nSPS) is 27.0. The Kier molecular flexibility index (Phi) is 3.80. The summed E-state index contributed by atoms with van der Waals surface area (Å²) in [6, 6.07) is 19.0. The third-order valence-corrected chi connectivity index (χ3v) is 4.67. The summed E-state index contributed by atoms with van der Waals surface area (Å²) in [5, 5.41) is 9.68. The number of carboxylic acids is 1. The Labute approximate surface area is 129 Å². The van der Waals surface area contributed by atoms with Crippen molar-refractivity contribution in [2.75, 3.05) is 0 Å². The van der Waals surface area contributed by atoms with Gasteiger partial charge in [-0.15, -0.1) is 0 Å². The topological polar surface area (TPSA) is 54.4 Å². The van der Waals surface area contributed by atoms with E-state index in [1.807, 2.05) is 60.7 Å². The number of hydrogen-bond donors (Lipinski definition) is 1. The van der Waals surface area contributed by atoms with Crippen LogP contribution < -0.4 is 0 Å². The molecule has 1 aliphatic rings. The molecule has 2 atom stereocenters. The van der Waals surface area contributed by atoms with Gasteiger partial charge in [-0.3, -0.25) is 9.59 Å². The number of Topliss-reactive ketones (excluding diaryl/α,β-unsaturated/α-hetero) is 1. The Hall–Kier alpha value is -2.42. The van der Waals surface area contributed by atoms with Crippen molar-refractivity contribution in [1.82, 2.24) is 0 Å². The van der Waals surface area contributed by atoms with E-state index in [1.54, 1.807) is 6.92 Å². The van der Waals surface area contributed by atoms with Gasteiger partial charge in [-0.2, -0.15) is 0 Å². The predicted octanol–water partition coefficient (Wildman–Crippen LogP) is 3.47. The first-order valence-electron chi connectivity index (χ1n) is 7.44. The van der Waals surface area contributed by atoms with Crippen molar-refractivity contribution < 1.29 is 14.7 Å². The monoisotopic (exact) mass is 294 g/mol. The van der Waals surface area contributed by atoms with Crippen LogP contribution in [0.25, 0.3) is 0 Å². The second-order valence-corrected chi connectivity index (χ2v) is 5.87. The first-order chi connectivity index (χ1) is 10.6. The molecule has 0 heterocycles. The summed E-state index contributed by atoms with van der Waals surface area (Å²) in [4.78, 5) is 24.0. The molecule has 0 radical (unpaired) electrons. The molecule has 0 aromatic heterocycles. The Balaban J connectivity index is 2.04. The summed E-state index contributed by atoms with van der Waals surface area (Å²) < 4.78 is 0. The summed E-state index contributed by atoms with van der Waals surface area (Å²) in [5.41, 5.74) is 1.87. The van der Waals surface area contributed by atoms with Crippen LogP contribution in [0.1, 0.15) is 29.9 Å². The lowest BCUT2D eigenvalue weighted by Gasteiger charge is -2.49. The lowest BCUT2D eigenvalue weighted by Crippen LogP contribution is -2.50. The third kappa shape index (κ3) is 2.33. The van der Waals surface area contributed by atoms with Crippen molar-refractivity contribution in [3.05, 3.63) is 71.8 Å². The maximum absolute atomic E-state index is 12.2. The van der Waals surface area contributed by atoms with Gasteiger partial charge in [-0.1, -0.05) is 60.7 Å². The number of carbonyl (C=O) groups is 2. The van der Waals surface area contributed by atoms with Gasteiger partial charge in [0.2, 0.25) is 0 Å². The molecule has 22 heavy (non-hydrogen) atoms. The number of benzene rings is 2. The third-order valence-electron chi connectivity index (χ3n) is 4.67. The highest BCUT2D eigenvalue weighted by Gasteiger charge is 2.56. The van der Waals surface area contributed by atoms with E-state index in [4.69, 9.17) is 0 Å². The van der Waals surface area contributed by atoms with Gasteiger partial charge in [-0.05, 0) is 18.1 Å². The number of hydrogen-bond acceptors (Lipinski definition) is 2. The van der Waals surface area contributed by atoms with Crippen LogP contribution in [-0.2, 0) is 9.59 Å². The predicted molar refractivity (Wildman–Crippen MR) is 83.7 cm³/mol. The fourth-order valence-electron chi connectivity index (χ4n) is 3.74. The van der Waals surface area contributed by atoms with Crippen LogP contribution in [-0.4, -0.2) is 16.9 Å². The summed E-state index contributed by atoms with van der Waals surface area (Å²) in [6.07, 6.45) is 0. The van der Waals surface area contributed by atoms with Gasteiger partial charge in [0.1, 0.15) is 5.78 Å². The summed E-state index contributed by atoms with van der Waals surface area (Å²) in [7, 11) is 0. The summed E-state index contributed by atoms with van der Waals surface area (Å²) in [5.74, 6) is -2.10. The number of carbonyl (C=O) groups excluding carboxylic acids is 1. The largest absolute Gasteiger partial charge is 0.481 e. The quantitative estimate of drug-likeness (QED) is 0.939. The van der Waals surface area contributed by atoms with Crippen molar-refractivity contribution in [2.24, 2.45) is 11.8 Å². The Morgan fingerprint density at radius 3 is 1.50 bits per heavy atom. The minimum absolute atomic E-state index is 0.0557. The molecule has 1 aliphatic carbocycles. The molecule has 2 aromatic rings. The minimum atomic E-state index is -0.833. The van der Waals surface area contributed by atoms with Crippen LogP contribution in [0.4, 0.5) is 0 Å². The van der Waals surface area contributed by atoms with Crippen LogP contribution in [0.2, 0.25) is 0 Å². The number of aliphatic carboxylic acids is 1. The zero-order chi connectivity index (χ0) is 15.7. The second-order valence-electron chi connectivity index (χ2n) is 5.87. The standard InChI is InChI=1S/C19H18O3/c1-12(20)15-16(13-8-4-2-5-9-13)18(19(21)22)17(15)14-10-6-3-7-11-14/h2-11,15-18H,1H3,(H,21,22)/t15-,16-,17-,18+/m1/s1. The fraction of sp³-hybridized carbons (Fsp3) is 0.263. The highest BCUT2D eigenvalue weighted by Crippen LogP contribution is 2.57. The average Bonchev–Trinajstić information content (AvgIpc) is 2.47. The summed E-state index contributed by atoms with van der Waals surface area (Å²) in [6.45, 7) is 1.56. The highest BCUT2D eigenvalue weighted by molar-refractivity contribution is 5.87. The number of ketones is 1. The van der Waals surface area contributed by atoms with Crippen molar-refractivity contribution in [1.29, 1.82) is 0 Å². The molecule has 1 N–H and O–H groups in total. The van der Waals surface area contributed by atoms with E-state index in [0.29, 0.717) is 0 Å². The molecule has 3 nitrogen and oxygen atoms in total. The molecule has 0 bridgehead atoms. The molecular formula is C19H18O3. The van der Waals surface area contributed by atoms with E-state index >= 15 is 0 Å². The first kappa shape index (κ1) is 14.5. The SMILES string of the molecule is CC(=O)[C@H]1[C@@H](c2ccccc2)[C@@H](C(=O)O)[C@@H]1c1ccccc1. The van der Waals surface area contributed by atoms with E-state index < -0.39 is 11.9 Å². The zero-order valence-corrected chi connectivity index (χ0v) is 12.3. The molecule has 3 rings (SSSR count). The van der Waals surface area contributed by atoms with E-state index in [9.17, 15) is 14.7 Å². The lowest BCUT2D eigenvalue weighted by molar-refractivity contribution is -0.152. The van der Waals surface area contributed by atoms with Gasteiger partial charge in [0, 0.05) is 17.8 Å². The smallest absolute Gasteiger partial charge is 0.307 e. The first-order valence-corrected chi connectivity index (χ1v) is 7.44. The molecule has 0 amide bonds. The van der Waals surface area contributed by atoms with Crippen LogP contribution in [0.3, 0.4) is 0 Å². The van der Waals surface area contributed by atoms with Crippen LogP contribution in [0.15, 0.2) is 60.7 Å². The molecule has 0 saturated heterocycles. The molecule has 1 fully saturated rings. The van der Waals surface area contributed by atoms with Crippen molar-refractivity contribution in [3.8, 4) is 0 Å². The Morgan fingerprint density at radius 2 is 1.18 bits per heavy atom. The Bertz CT molecular complexity index is 609. The number of carboxylic acid groups (broad SMARTS) is 1. The molecule has 3 heteroatoms. The fourth-order valence-corrected chi connectivity index (χ4v) is 3.74. The van der Waals surface area contributed by atoms with Gasteiger partial charge in [-0.25, -0.2) is 0 Å². The highest BCUT2D eigenvalue weighted by atomic mass is 16.4. The van der Waals surface area contributed by atoms with E-state index in [1.165, 1.54) is 0 Å². The Morgan fingerprint density at radius 1 is 0.773 bits per heavy atom. The second kappa shape index (κ2) is 5.76. The molecule has 0 unspecified atom stereocenters. The maximum atomic E-state index is 12.2. The van der Waals surface area contributed by atoms with E-state index in [2.05, 4.69) is 0 Å². The molecule has 0 aliphatic heterocycles.